The van der Waals surface area contributed by atoms with Crippen molar-refractivity contribution in [2.75, 3.05) is 20.2 Å². The molecule has 3 heteroatoms. The standard InChI is InChI=1S/C11H17NO2/c1-12-7-11(13)9-14-8-10-5-3-2-4-6-10/h2-6,11-13H,7-9H2,1H3/t11-/m1/s1. The van der Waals surface area contributed by atoms with Crippen LogP contribution in [0.4, 0.5) is 0 Å². The molecule has 78 valence electrons. The number of nitrogens with one attached hydrogen (secondary N) is 1. The smallest absolute Gasteiger partial charge is 0.0897 e. The van der Waals surface area contributed by atoms with E-state index in [9.17, 15) is 5.11 Å². The van der Waals surface area contributed by atoms with E-state index >= 15 is 0 Å². The van der Waals surface area contributed by atoms with Gasteiger partial charge >= 0.3 is 0 Å². The molecule has 0 bridgehead atoms. The molecule has 0 saturated carbocycles. The molecule has 0 aromatic heterocycles. The zero-order valence-electron chi connectivity index (χ0n) is 8.44. The number of aliphatic hydroxyl groups is 1. The monoisotopic (exact) mass is 195 g/mol. The van der Waals surface area contributed by atoms with Crippen molar-refractivity contribution < 1.29 is 9.84 Å². The van der Waals surface area contributed by atoms with Gasteiger partial charge < -0.3 is 15.2 Å². The molecule has 0 aliphatic carbocycles. The van der Waals surface area contributed by atoms with E-state index in [1.165, 1.54) is 0 Å². The van der Waals surface area contributed by atoms with Gasteiger partial charge in [0.05, 0.1) is 19.3 Å². The van der Waals surface area contributed by atoms with Crippen molar-refractivity contribution >= 4 is 0 Å². The summed E-state index contributed by atoms with van der Waals surface area (Å²) in [6, 6.07) is 9.93. The molecule has 0 heterocycles. The summed E-state index contributed by atoms with van der Waals surface area (Å²) in [7, 11) is 1.81. The Morgan fingerprint density at radius 3 is 2.71 bits per heavy atom. The first-order valence-corrected chi connectivity index (χ1v) is 4.77. The van der Waals surface area contributed by atoms with Gasteiger partial charge in [-0.15, -0.1) is 0 Å². The number of hydrogen-bond donors (Lipinski definition) is 2. The van der Waals surface area contributed by atoms with Gasteiger partial charge in [-0.2, -0.15) is 0 Å². The molecule has 0 amide bonds. The predicted molar refractivity (Wildman–Crippen MR) is 56.0 cm³/mol. The molecule has 1 aromatic carbocycles. The molecule has 14 heavy (non-hydrogen) atoms. The Morgan fingerprint density at radius 1 is 1.36 bits per heavy atom. The Hall–Kier alpha value is -0.900. The lowest BCUT2D eigenvalue weighted by molar-refractivity contribution is 0.0297. The van der Waals surface area contributed by atoms with Crippen molar-refractivity contribution in [2.24, 2.45) is 0 Å². The number of hydrogen-bond acceptors (Lipinski definition) is 3. The van der Waals surface area contributed by atoms with Gasteiger partial charge in [0.25, 0.3) is 0 Å². The van der Waals surface area contributed by atoms with Crippen LogP contribution >= 0.6 is 0 Å². The highest BCUT2D eigenvalue weighted by Crippen LogP contribution is 2.00. The molecule has 0 saturated heterocycles. The van der Waals surface area contributed by atoms with E-state index in [2.05, 4.69) is 5.32 Å². The maximum atomic E-state index is 9.34. The van der Waals surface area contributed by atoms with Crippen LogP contribution < -0.4 is 5.32 Å². The zero-order chi connectivity index (χ0) is 10.2. The highest BCUT2D eigenvalue weighted by atomic mass is 16.5. The summed E-state index contributed by atoms with van der Waals surface area (Å²) in [4.78, 5) is 0. The van der Waals surface area contributed by atoms with Gasteiger partial charge in [0.1, 0.15) is 0 Å². The lowest BCUT2D eigenvalue weighted by Crippen LogP contribution is -2.27. The maximum Gasteiger partial charge on any atom is 0.0897 e. The van der Waals surface area contributed by atoms with Crippen LogP contribution in [0.1, 0.15) is 5.56 Å². The zero-order valence-corrected chi connectivity index (χ0v) is 8.44. The number of aliphatic hydroxyl groups excluding tert-OH is 1. The lowest BCUT2D eigenvalue weighted by atomic mass is 10.2. The SMILES string of the molecule is CNC[C@@H](O)COCc1ccccc1. The molecule has 0 aliphatic rings. The van der Waals surface area contributed by atoms with Crippen LogP contribution in [-0.2, 0) is 11.3 Å². The Labute approximate surface area is 84.7 Å². The fourth-order valence-electron chi connectivity index (χ4n) is 1.18. The molecule has 0 radical (unpaired) electrons. The van der Waals surface area contributed by atoms with Gasteiger partial charge in [0, 0.05) is 6.54 Å². The number of ether oxygens (including phenoxy) is 1. The number of likely N-dealkylation sites (N-methyl/N-ethyl adjacent to an activating group) is 1. The van der Waals surface area contributed by atoms with E-state index < -0.39 is 6.10 Å². The van der Waals surface area contributed by atoms with E-state index in [-0.39, 0.29) is 0 Å². The van der Waals surface area contributed by atoms with Crippen LogP contribution in [0.15, 0.2) is 30.3 Å². The largest absolute Gasteiger partial charge is 0.389 e. The summed E-state index contributed by atoms with van der Waals surface area (Å²) >= 11 is 0. The van der Waals surface area contributed by atoms with Gasteiger partial charge in [0.15, 0.2) is 0 Å². The Morgan fingerprint density at radius 2 is 2.07 bits per heavy atom. The highest BCUT2D eigenvalue weighted by molar-refractivity contribution is 5.13. The Bertz CT molecular complexity index is 238. The fraction of sp³-hybridized carbons (Fsp3) is 0.455. The van der Waals surface area contributed by atoms with E-state index in [0.717, 1.165) is 5.56 Å². The van der Waals surface area contributed by atoms with Crippen LogP contribution in [0.25, 0.3) is 0 Å². The van der Waals surface area contributed by atoms with E-state index in [4.69, 9.17) is 4.74 Å². The van der Waals surface area contributed by atoms with Crippen molar-refractivity contribution in [3.05, 3.63) is 35.9 Å². The fourth-order valence-corrected chi connectivity index (χ4v) is 1.18. The van der Waals surface area contributed by atoms with Gasteiger partial charge in [-0.3, -0.25) is 0 Å². The first-order chi connectivity index (χ1) is 6.83. The molecule has 0 fully saturated rings. The van der Waals surface area contributed by atoms with Crippen LogP contribution in [0.3, 0.4) is 0 Å². The Balaban J connectivity index is 2.16. The van der Waals surface area contributed by atoms with Crippen LogP contribution in [0.5, 0.6) is 0 Å². The van der Waals surface area contributed by atoms with Gasteiger partial charge in [-0.05, 0) is 12.6 Å². The third kappa shape index (κ3) is 4.37. The molecule has 3 nitrogen and oxygen atoms in total. The van der Waals surface area contributed by atoms with E-state index in [1.54, 1.807) is 7.05 Å². The summed E-state index contributed by atoms with van der Waals surface area (Å²) in [6.45, 7) is 1.49. The van der Waals surface area contributed by atoms with Crippen molar-refractivity contribution in [1.29, 1.82) is 0 Å². The third-order valence-electron chi connectivity index (χ3n) is 1.86. The maximum absolute atomic E-state index is 9.34. The van der Waals surface area contributed by atoms with Crippen molar-refractivity contribution in [3.63, 3.8) is 0 Å². The Kier molecular flexibility index (Phi) is 5.22. The molecule has 1 rings (SSSR count). The summed E-state index contributed by atoms with van der Waals surface area (Å²) in [6.07, 6.45) is -0.427. The summed E-state index contributed by atoms with van der Waals surface area (Å²) < 4.78 is 5.34. The molecular formula is C11H17NO2. The van der Waals surface area contributed by atoms with Crippen LogP contribution in [0, 0.1) is 0 Å². The minimum absolute atomic E-state index is 0.371. The van der Waals surface area contributed by atoms with Gasteiger partial charge in [0.2, 0.25) is 0 Å². The first-order valence-electron chi connectivity index (χ1n) is 4.77. The van der Waals surface area contributed by atoms with Crippen LogP contribution in [0.2, 0.25) is 0 Å². The second-order valence-corrected chi connectivity index (χ2v) is 3.21. The van der Waals surface area contributed by atoms with E-state index in [1.807, 2.05) is 30.3 Å². The second kappa shape index (κ2) is 6.54. The average Bonchev–Trinajstić information content (AvgIpc) is 2.20. The summed E-state index contributed by atoms with van der Waals surface area (Å²) in [5.74, 6) is 0. The number of benzene rings is 1. The molecule has 0 aliphatic heterocycles. The number of rotatable bonds is 6. The minimum atomic E-state index is -0.427. The van der Waals surface area contributed by atoms with E-state index in [0.29, 0.717) is 19.8 Å². The van der Waals surface area contributed by atoms with Crippen molar-refractivity contribution in [2.45, 2.75) is 12.7 Å². The van der Waals surface area contributed by atoms with Crippen LogP contribution in [-0.4, -0.2) is 31.4 Å². The highest BCUT2D eigenvalue weighted by Gasteiger charge is 2.01. The molecule has 2 N–H and O–H groups in total. The molecule has 0 unspecified atom stereocenters. The average molecular weight is 195 g/mol. The normalized spacial score (nSPS) is 12.7. The summed E-state index contributed by atoms with van der Waals surface area (Å²) in [5, 5.41) is 12.2. The first kappa shape index (κ1) is 11.2. The quantitative estimate of drug-likeness (QED) is 0.705. The summed E-state index contributed by atoms with van der Waals surface area (Å²) in [5.41, 5.74) is 1.13. The third-order valence-corrected chi connectivity index (χ3v) is 1.86. The van der Waals surface area contributed by atoms with Crippen molar-refractivity contribution in [1.82, 2.24) is 5.32 Å². The minimum Gasteiger partial charge on any atom is -0.389 e. The molecule has 1 atom stereocenters. The lowest BCUT2D eigenvalue weighted by Gasteiger charge is -2.10. The second-order valence-electron chi connectivity index (χ2n) is 3.21. The van der Waals surface area contributed by atoms with Crippen molar-refractivity contribution in [3.8, 4) is 0 Å². The topological polar surface area (TPSA) is 41.5 Å². The molecular weight excluding hydrogens is 178 g/mol. The molecule has 1 aromatic rings. The molecule has 0 spiro atoms. The van der Waals surface area contributed by atoms with Gasteiger partial charge in [-0.1, -0.05) is 30.3 Å². The predicted octanol–water partition coefficient (Wildman–Crippen LogP) is 0.783. The van der Waals surface area contributed by atoms with Gasteiger partial charge in [-0.25, -0.2) is 0 Å².